The molecule has 0 saturated carbocycles. The molecule has 1 aliphatic carbocycles. The van der Waals surface area contributed by atoms with Crippen LogP contribution in [-0.2, 0) is 9.59 Å². The summed E-state index contributed by atoms with van der Waals surface area (Å²) >= 11 is 2.29. The van der Waals surface area contributed by atoms with Crippen molar-refractivity contribution in [2.24, 2.45) is 16.9 Å². The van der Waals surface area contributed by atoms with E-state index >= 15 is 0 Å². The number of benzene rings is 2. The minimum atomic E-state index is -0.737. The van der Waals surface area contributed by atoms with Gasteiger partial charge in [0.1, 0.15) is 11.6 Å². The third-order valence-electron chi connectivity index (χ3n) is 6.96. The number of carbonyl (C=O) groups is 3. The predicted molar refractivity (Wildman–Crippen MR) is 158 cm³/mol. The van der Waals surface area contributed by atoms with Crippen LogP contribution in [0.1, 0.15) is 48.5 Å². The molecule has 10 nitrogen and oxygen atoms in total. The summed E-state index contributed by atoms with van der Waals surface area (Å²) in [7, 11) is 0. The van der Waals surface area contributed by atoms with Gasteiger partial charge in [0.05, 0.1) is 34.6 Å². The third-order valence-corrected chi connectivity index (χ3v) is 9.01. The molecule has 5 N–H and O–H groups in total. The molecule has 0 radical (unpaired) electrons. The molecule has 2 heterocycles. The van der Waals surface area contributed by atoms with Crippen LogP contribution in [0.2, 0.25) is 0 Å². The Kier molecular flexibility index (Phi) is 7.85. The summed E-state index contributed by atoms with van der Waals surface area (Å²) in [4.78, 5) is 39.5. The van der Waals surface area contributed by atoms with E-state index in [-0.39, 0.29) is 46.2 Å². The van der Waals surface area contributed by atoms with Gasteiger partial charge in [0.2, 0.25) is 11.0 Å². The van der Waals surface area contributed by atoms with E-state index < -0.39 is 17.6 Å². The van der Waals surface area contributed by atoms with Crippen LogP contribution in [0.15, 0.2) is 75.5 Å². The average molecular weight is 604 g/mol. The number of carbonyl (C=O) groups excluding carboxylic acids is 3. The SMILES string of the molecule is CC1(C)CC(=O)C2=C(C1)N(c1nnc(SCC(=O)Nc3ccccc3C(N)=O)s1)C(N)=C(C#N)C2c1ccc(F)cc1. The maximum atomic E-state index is 13.7. The van der Waals surface area contributed by atoms with E-state index in [0.29, 0.717) is 38.4 Å². The van der Waals surface area contributed by atoms with Crippen molar-refractivity contribution in [2.75, 3.05) is 16.0 Å². The number of primary amides is 1. The number of hydrogen-bond acceptors (Lipinski definition) is 10. The first-order chi connectivity index (χ1) is 20.0. The van der Waals surface area contributed by atoms with Gasteiger partial charge >= 0.3 is 0 Å². The van der Waals surface area contributed by atoms with Crippen molar-refractivity contribution in [2.45, 2.75) is 36.9 Å². The van der Waals surface area contributed by atoms with Crippen LogP contribution < -0.4 is 21.7 Å². The second-order valence-electron chi connectivity index (χ2n) is 10.6. The molecular weight excluding hydrogens is 577 g/mol. The van der Waals surface area contributed by atoms with E-state index in [1.807, 2.05) is 13.8 Å². The number of Topliss-reactive ketones (excluding diaryl/α,β-unsaturated/α-hetero) is 1. The Morgan fingerprint density at radius 3 is 2.60 bits per heavy atom. The average Bonchev–Trinajstić information content (AvgIpc) is 3.40. The number of para-hydroxylation sites is 1. The van der Waals surface area contributed by atoms with Crippen molar-refractivity contribution in [1.82, 2.24) is 10.2 Å². The van der Waals surface area contributed by atoms with Gasteiger partial charge in [-0.25, -0.2) is 4.39 Å². The minimum absolute atomic E-state index is 0.0252. The van der Waals surface area contributed by atoms with Gasteiger partial charge in [-0.05, 0) is 41.7 Å². The van der Waals surface area contributed by atoms with E-state index in [2.05, 4.69) is 21.6 Å². The molecule has 42 heavy (non-hydrogen) atoms. The van der Waals surface area contributed by atoms with Crippen molar-refractivity contribution in [3.05, 3.63) is 88.1 Å². The molecule has 2 aliphatic rings. The number of nitrogens with zero attached hydrogens (tertiary/aromatic N) is 4. The Bertz CT molecular complexity index is 1710. The maximum Gasteiger partial charge on any atom is 0.250 e. The number of anilines is 2. The van der Waals surface area contributed by atoms with Crippen LogP contribution in [0.5, 0.6) is 0 Å². The highest BCUT2D eigenvalue weighted by Crippen LogP contribution is 2.50. The molecule has 3 aromatic rings. The van der Waals surface area contributed by atoms with Crippen molar-refractivity contribution in [3.63, 3.8) is 0 Å². The number of thioether (sulfide) groups is 1. The van der Waals surface area contributed by atoms with Crippen LogP contribution in [0, 0.1) is 22.6 Å². The number of nitrogens with two attached hydrogens (primary N) is 2. The molecule has 5 rings (SSSR count). The summed E-state index contributed by atoms with van der Waals surface area (Å²) in [6, 6.07) is 14.3. The molecule has 2 amide bonds. The van der Waals surface area contributed by atoms with Gasteiger partial charge < -0.3 is 16.8 Å². The molecule has 1 aromatic heterocycles. The fraction of sp³-hybridized carbons (Fsp3) is 0.241. The molecular formula is C29H26FN7O3S2. The minimum Gasteiger partial charge on any atom is -0.384 e. The number of halogens is 1. The quantitative estimate of drug-likeness (QED) is 0.331. The van der Waals surface area contributed by atoms with E-state index in [1.54, 1.807) is 35.2 Å². The van der Waals surface area contributed by atoms with Gasteiger partial charge in [0, 0.05) is 17.7 Å². The normalized spacial score (nSPS) is 18.0. The van der Waals surface area contributed by atoms with Crippen molar-refractivity contribution >= 4 is 51.5 Å². The summed E-state index contributed by atoms with van der Waals surface area (Å²) in [5.74, 6) is -2.22. The third kappa shape index (κ3) is 5.63. The van der Waals surface area contributed by atoms with Crippen LogP contribution in [0.4, 0.5) is 15.2 Å². The highest BCUT2D eigenvalue weighted by Gasteiger charge is 2.45. The van der Waals surface area contributed by atoms with Crippen LogP contribution in [0.3, 0.4) is 0 Å². The first-order valence-electron chi connectivity index (χ1n) is 12.9. The Morgan fingerprint density at radius 2 is 1.90 bits per heavy atom. The summed E-state index contributed by atoms with van der Waals surface area (Å²) in [5, 5.41) is 21.7. The van der Waals surface area contributed by atoms with Crippen molar-refractivity contribution < 1.29 is 18.8 Å². The number of nitriles is 1. The zero-order valence-corrected chi connectivity index (χ0v) is 24.3. The fourth-order valence-electron chi connectivity index (χ4n) is 5.19. The van der Waals surface area contributed by atoms with Crippen molar-refractivity contribution in [1.29, 1.82) is 5.26 Å². The molecule has 0 saturated heterocycles. The van der Waals surface area contributed by atoms with Gasteiger partial charge in [-0.15, -0.1) is 10.2 Å². The second-order valence-corrected chi connectivity index (χ2v) is 12.8. The van der Waals surface area contributed by atoms with Gasteiger partial charge in [-0.1, -0.05) is 61.2 Å². The molecule has 13 heteroatoms. The monoisotopic (exact) mass is 603 g/mol. The lowest BCUT2D eigenvalue weighted by atomic mass is 9.69. The summed E-state index contributed by atoms with van der Waals surface area (Å²) in [5.41, 5.74) is 13.9. The van der Waals surface area contributed by atoms with E-state index in [1.165, 1.54) is 18.2 Å². The van der Waals surface area contributed by atoms with E-state index in [4.69, 9.17) is 11.5 Å². The van der Waals surface area contributed by atoms with Gasteiger partial charge in [0.15, 0.2) is 10.1 Å². The van der Waals surface area contributed by atoms with Crippen LogP contribution in [-0.4, -0.2) is 33.5 Å². The lowest BCUT2D eigenvalue weighted by Gasteiger charge is -2.42. The fourth-order valence-corrected chi connectivity index (χ4v) is 6.87. The zero-order valence-electron chi connectivity index (χ0n) is 22.7. The topological polar surface area (TPSA) is 168 Å². The molecule has 1 atom stereocenters. The lowest BCUT2D eigenvalue weighted by molar-refractivity contribution is -0.118. The maximum absolute atomic E-state index is 13.7. The number of allylic oxidation sites excluding steroid dienone is 3. The number of hydrogen-bond donors (Lipinski definition) is 3. The number of aromatic nitrogens is 2. The highest BCUT2D eigenvalue weighted by atomic mass is 32.2. The molecule has 1 unspecified atom stereocenters. The Labute approximate surface area is 249 Å². The number of ketones is 1. The highest BCUT2D eigenvalue weighted by molar-refractivity contribution is 8.01. The van der Waals surface area contributed by atoms with Crippen LogP contribution in [0.25, 0.3) is 0 Å². The van der Waals surface area contributed by atoms with E-state index in [9.17, 15) is 24.0 Å². The molecule has 1 aliphatic heterocycles. The summed E-state index contributed by atoms with van der Waals surface area (Å²) in [6.45, 7) is 3.96. The second kappa shape index (κ2) is 11.4. The standard InChI is InChI=1S/C29H26FN7O3S2/c1-29(2)11-20-24(21(38)12-29)23(15-7-9-16(30)10-8-15)18(13-31)25(32)37(20)27-35-36-28(42-27)41-14-22(39)34-19-6-4-3-5-17(19)26(33)40/h3-10,23H,11-12,14,32H2,1-2H3,(H2,33,40)(H,34,39). The molecule has 0 bridgehead atoms. The van der Waals surface area contributed by atoms with Gasteiger partial charge in [-0.3, -0.25) is 19.3 Å². The smallest absolute Gasteiger partial charge is 0.250 e. The number of amides is 2. The predicted octanol–water partition coefficient (Wildman–Crippen LogP) is 4.45. The first kappa shape index (κ1) is 29.0. The molecule has 2 aromatic carbocycles. The number of rotatable bonds is 7. The van der Waals surface area contributed by atoms with Gasteiger partial charge in [-0.2, -0.15) is 5.26 Å². The Hall–Kier alpha value is -4.54. The lowest BCUT2D eigenvalue weighted by Crippen LogP contribution is -2.42. The number of nitrogens with one attached hydrogen (secondary N) is 1. The van der Waals surface area contributed by atoms with Crippen molar-refractivity contribution in [3.8, 4) is 6.07 Å². The Morgan fingerprint density at radius 1 is 1.19 bits per heavy atom. The van der Waals surface area contributed by atoms with Crippen LogP contribution >= 0.6 is 23.1 Å². The first-order valence-corrected chi connectivity index (χ1v) is 14.7. The summed E-state index contributed by atoms with van der Waals surface area (Å²) < 4.78 is 14.2. The zero-order chi connectivity index (χ0) is 30.2. The largest absolute Gasteiger partial charge is 0.384 e. The molecule has 0 spiro atoms. The van der Waals surface area contributed by atoms with Gasteiger partial charge in [0.25, 0.3) is 5.91 Å². The Balaban J connectivity index is 1.45. The molecule has 0 fully saturated rings. The molecule has 214 valence electrons. The summed E-state index contributed by atoms with van der Waals surface area (Å²) in [6.07, 6.45) is 0.760. The van der Waals surface area contributed by atoms with E-state index in [0.717, 1.165) is 23.1 Å².